The molecular formula is C17H29N3O. The molecule has 0 atom stereocenters. The van der Waals surface area contributed by atoms with Gasteiger partial charge in [0.1, 0.15) is 6.61 Å². The summed E-state index contributed by atoms with van der Waals surface area (Å²) in [6.07, 6.45) is 4.00. The number of aromatic nitrogens is 1. The first kappa shape index (κ1) is 16.2. The van der Waals surface area contributed by atoms with Crippen molar-refractivity contribution in [3.05, 3.63) is 23.4 Å². The minimum Gasteiger partial charge on any atom is -0.476 e. The van der Waals surface area contributed by atoms with E-state index in [2.05, 4.69) is 36.7 Å². The van der Waals surface area contributed by atoms with Crippen molar-refractivity contribution >= 4 is 0 Å². The van der Waals surface area contributed by atoms with Crippen LogP contribution in [-0.2, 0) is 12.0 Å². The third-order valence-corrected chi connectivity index (χ3v) is 3.97. The third-order valence-electron chi connectivity index (χ3n) is 3.97. The molecular weight excluding hydrogens is 262 g/mol. The molecule has 1 aromatic heterocycles. The first-order valence-corrected chi connectivity index (χ1v) is 8.06. The van der Waals surface area contributed by atoms with E-state index >= 15 is 0 Å². The van der Waals surface area contributed by atoms with Gasteiger partial charge in [0.25, 0.3) is 0 Å². The molecule has 2 heterocycles. The summed E-state index contributed by atoms with van der Waals surface area (Å²) in [6, 6.07) is 4.04. The van der Waals surface area contributed by atoms with E-state index < -0.39 is 0 Å². The summed E-state index contributed by atoms with van der Waals surface area (Å²) < 4.78 is 5.88. The minimum atomic E-state index is 0.0101. The molecule has 1 aromatic rings. The van der Waals surface area contributed by atoms with Crippen LogP contribution in [0.25, 0.3) is 0 Å². The second kappa shape index (κ2) is 7.23. The van der Waals surface area contributed by atoms with Crippen molar-refractivity contribution in [2.24, 2.45) is 5.73 Å². The van der Waals surface area contributed by atoms with Crippen LogP contribution in [0.3, 0.4) is 0 Å². The van der Waals surface area contributed by atoms with Crippen molar-refractivity contribution in [1.29, 1.82) is 0 Å². The Hall–Kier alpha value is -1.13. The van der Waals surface area contributed by atoms with E-state index in [4.69, 9.17) is 10.5 Å². The van der Waals surface area contributed by atoms with Crippen molar-refractivity contribution < 1.29 is 4.74 Å². The first-order valence-electron chi connectivity index (χ1n) is 8.06. The van der Waals surface area contributed by atoms with Gasteiger partial charge in [-0.15, -0.1) is 0 Å². The Labute approximate surface area is 128 Å². The Kier molecular flexibility index (Phi) is 5.59. The van der Waals surface area contributed by atoms with Gasteiger partial charge in [-0.05, 0) is 37.6 Å². The van der Waals surface area contributed by atoms with Crippen LogP contribution in [0.15, 0.2) is 12.1 Å². The average Bonchev–Trinajstić information content (AvgIpc) is 2.47. The molecule has 1 aliphatic heterocycles. The number of piperidine rings is 1. The van der Waals surface area contributed by atoms with Gasteiger partial charge in [0.05, 0.1) is 5.69 Å². The highest BCUT2D eigenvalue weighted by Crippen LogP contribution is 2.24. The summed E-state index contributed by atoms with van der Waals surface area (Å²) in [5.41, 5.74) is 7.92. The van der Waals surface area contributed by atoms with Crippen LogP contribution in [0.2, 0.25) is 0 Å². The van der Waals surface area contributed by atoms with Gasteiger partial charge in [-0.2, -0.15) is 0 Å². The van der Waals surface area contributed by atoms with Gasteiger partial charge in [-0.25, -0.2) is 4.98 Å². The highest BCUT2D eigenvalue weighted by molar-refractivity contribution is 5.28. The minimum absolute atomic E-state index is 0.0101. The summed E-state index contributed by atoms with van der Waals surface area (Å²) in [7, 11) is 0. The fourth-order valence-corrected chi connectivity index (χ4v) is 2.60. The Morgan fingerprint density at radius 2 is 1.90 bits per heavy atom. The molecule has 1 aliphatic rings. The van der Waals surface area contributed by atoms with Gasteiger partial charge < -0.3 is 10.5 Å². The Morgan fingerprint density at radius 1 is 1.19 bits per heavy atom. The zero-order valence-corrected chi connectivity index (χ0v) is 13.7. The van der Waals surface area contributed by atoms with E-state index in [1.807, 2.05) is 6.07 Å². The summed E-state index contributed by atoms with van der Waals surface area (Å²) in [5.74, 6) is 0.708. The summed E-state index contributed by atoms with van der Waals surface area (Å²) >= 11 is 0. The fourth-order valence-electron chi connectivity index (χ4n) is 2.60. The lowest BCUT2D eigenvalue weighted by molar-refractivity contribution is 0.180. The van der Waals surface area contributed by atoms with Crippen molar-refractivity contribution in [2.75, 3.05) is 26.2 Å². The normalized spacial score (nSPS) is 17.0. The SMILES string of the molecule is CC(C)(C)c1cc(CN)cc(OCCN2CCCCC2)n1. The number of rotatable bonds is 5. The third kappa shape index (κ3) is 4.97. The van der Waals surface area contributed by atoms with E-state index in [-0.39, 0.29) is 5.41 Å². The molecule has 2 N–H and O–H groups in total. The summed E-state index contributed by atoms with van der Waals surface area (Å²) in [6.45, 7) is 11.1. The standard InChI is InChI=1S/C17H29N3O/c1-17(2,3)15-11-14(13-18)12-16(19-15)21-10-9-20-7-5-4-6-8-20/h11-12H,4-10,13,18H2,1-3H3. The molecule has 4 heteroatoms. The van der Waals surface area contributed by atoms with Crippen LogP contribution in [-0.4, -0.2) is 36.1 Å². The van der Waals surface area contributed by atoms with Crippen LogP contribution in [0.4, 0.5) is 0 Å². The van der Waals surface area contributed by atoms with Gasteiger partial charge in [-0.1, -0.05) is 27.2 Å². The number of hydrogen-bond donors (Lipinski definition) is 1. The number of pyridine rings is 1. The van der Waals surface area contributed by atoms with Crippen LogP contribution >= 0.6 is 0 Å². The molecule has 0 spiro atoms. The molecule has 0 aliphatic carbocycles. The molecule has 1 fully saturated rings. The Morgan fingerprint density at radius 3 is 2.52 bits per heavy atom. The zero-order valence-electron chi connectivity index (χ0n) is 13.7. The lowest BCUT2D eigenvalue weighted by Gasteiger charge is -2.26. The van der Waals surface area contributed by atoms with Gasteiger partial charge in [0.15, 0.2) is 0 Å². The highest BCUT2D eigenvalue weighted by Gasteiger charge is 2.17. The van der Waals surface area contributed by atoms with Crippen molar-refractivity contribution in [2.45, 2.75) is 52.0 Å². The second-order valence-corrected chi connectivity index (χ2v) is 6.90. The summed E-state index contributed by atoms with van der Waals surface area (Å²) in [4.78, 5) is 7.11. The van der Waals surface area contributed by atoms with Crippen molar-refractivity contribution in [1.82, 2.24) is 9.88 Å². The van der Waals surface area contributed by atoms with Gasteiger partial charge >= 0.3 is 0 Å². The topological polar surface area (TPSA) is 51.4 Å². The Balaban J connectivity index is 1.95. The average molecular weight is 291 g/mol. The fraction of sp³-hybridized carbons (Fsp3) is 0.706. The predicted molar refractivity (Wildman–Crippen MR) is 86.6 cm³/mol. The number of ether oxygens (including phenoxy) is 1. The molecule has 4 nitrogen and oxygen atoms in total. The smallest absolute Gasteiger partial charge is 0.213 e. The Bertz CT molecular complexity index is 448. The lowest BCUT2D eigenvalue weighted by atomic mass is 9.91. The molecule has 1 saturated heterocycles. The lowest BCUT2D eigenvalue weighted by Crippen LogP contribution is -2.33. The van der Waals surface area contributed by atoms with E-state index in [9.17, 15) is 0 Å². The second-order valence-electron chi connectivity index (χ2n) is 6.90. The monoisotopic (exact) mass is 291 g/mol. The van der Waals surface area contributed by atoms with E-state index in [1.54, 1.807) is 0 Å². The molecule has 21 heavy (non-hydrogen) atoms. The van der Waals surface area contributed by atoms with Crippen LogP contribution in [0.5, 0.6) is 5.88 Å². The van der Waals surface area contributed by atoms with Gasteiger partial charge in [-0.3, -0.25) is 4.90 Å². The number of nitrogens with two attached hydrogens (primary N) is 1. The van der Waals surface area contributed by atoms with Crippen molar-refractivity contribution in [3.63, 3.8) is 0 Å². The quantitative estimate of drug-likeness (QED) is 0.906. The van der Waals surface area contributed by atoms with Crippen molar-refractivity contribution in [3.8, 4) is 5.88 Å². The van der Waals surface area contributed by atoms with E-state index in [0.717, 1.165) is 17.8 Å². The molecule has 0 radical (unpaired) electrons. The first-order chi connectivity index (χ1) is 9.99. The maximum absolute atomic E-state index is 5.88. The van der Waals surface area contributed by atoms with E-state index in [0.29, 0.717) is 19.0 Å². The number of hydrogen-bond acceptors (Lipinski definition) is 4. The molecule has 0 saturated carbocycles. The van der Waals surface area contributed by atoms with Crippen LogP contribution in [0, 0.1) is 0 Å². The van der Waals surface area contributed by atoms with Crippen LogP contribution in [0.1, 0.15) is 51.3 Å². The number of nitrogens with zero attached hydrogens (tertiary/aromatic N) is 2. The van der Waals surface area contributed by atoms with Crippen LogP contribution < -0.4 is 10.5 Å². The molecule has 118 valence electrons. The van der Waals surface area contributed by atoms with Gasteiger partial charge in [0.2, 0.25) is 5.88 Å². The number of likely N-dealkylation sites (tertiary alicyclic amines) is 1. The largest absolute Gasteiger partial charge is 0.476 e. The molecule has 0 amide bonds. The zero-order chi connectivity index (χ0) is 15.3. The van der Waals surface area contributed by atoms with Gasteiger partial charge in [0, 0.05) is 24.6 Å². The maximum atomic E-state index is 5.88. The molecule has 0 bridgehead atoms. The molecule has 0 aromatic carbocycles. The predicted octanol–water partition coefficient (Wildman–Crippen LogP) is 2.70. The summed E-state index contributed by atoms with van der Waals surface area (Å²) in [5, 5.41) is 0. The van der Waals surface area contributed by atoms with E-state index in [1.165, 1.54) is 32.4 Å². The molecule has 2 rings (SSSR count). The maximum Gasteiger partial charge on any atom is 0.213 e. The molecule has 0 unspecified atom stereocenters. The highest BCUT2D eigenvalue weighted by atomic mass is 16.5.